The molecule has 128 valence electrons. The Morgan fingerprint density at radius 2 is 2.00 bits per heavy atom. The number of anilines is 1. The summed E-state index contributed by atoms with van der Waals surface area (Å²) in [6.07, 6.45) is 1.49. The van der Waals surface area contributed by atoms with Crippen LogP contribution in [-0.4, -0.2) is 38.1 Å². The number of likely N-dealkylation sites (N-methyl/N-ethyl adjacent to an activating group) is 1. The van der Waals surface area contributed by atoms with E-state index in [2.05, 4.69) is 25.7 Å². The van der Waals surface area contributed by atoms with Crippen molar-refractivity contribution in [2.75, 3.05) is 11.9 Å². The summed E-state index contributed by atoms with van der Waals surface area (Å²) in [7, 11) is 0. The topological polar surface area (TPSA) is 122 Å². The number of rotatable bonds is 5. The maximum absolute atomic E-state index is 11.9. The zero-order chi connectivity index (χ0) is 17.7. The largest absolute Gasteiger partial charge is 0.348 e. The average Bonchev–Trinajstić information content (AvgIpc) is 2.88. The molecule has 0 fully saturated rings. The molecule has 9 nitrogen and oxygen atoms in total. The highest BCUT2D eigenvalue weighted by Gasteiger charge is 2.17. The lowest BCUT2D eigenvalue weighted by atomic mass is 10.2. The number of carbonyl (C=O) groups excluding carboxylic acids is 2. The van der Waals surface area contributed by atoms with Crippen molar-refractivity contribution in [3.8, 4) is 5.95 Å². The summed E-state index contributed by atoms with van der Waals surface area (Å²) in [5, 5.41) is 9.10. The summed E-state index contributed by atoms with van der Waals surface area (Å²) in [4.78, 5) is 42.2. The van der Waals surface area contributed by atoms with Crippen LogP contribution in [0.1, 0.15) is 31.7 Å². The van der Waals surface area contributed by atoms with Gasteiger partial charge in [-0.25, -0.2) is 4.98 Å². The number of nitrogens with one attached hydrogen (secondary N) is 3. The molecule has 2 aromatic heterocycles. The second-order valence-electron chi connectivity index (χ2n) is 5.21. The number of H-pyrrole nitrogens is 1. The molecule has 0 bridgehead atoms. The van der Waals surface area contributed by atoms with E-state index in [-0.39, 0.29) is 17.3 Å². The smallest absolute Gasteiger partial charge is 0.314 e. The SMILES string of the molecule is CCCc1cc(=O)[nH]c(-n2nc(C)cc2NC(=O)C(=O)NCC)n1. The first-order valence-corrected chi connectivity index (χ1v) is 7.71. The number of nitrogens with zero attached hydrogens (tertiary/aromatic N) is 3. The molecule has 2 aromatic rings. The van der Waals surface area contributed by atoms with E-state index in [1.807, 2.05) is 6.92 Å². The van der Waals surface area contributed by atoms with Gasteiger partial charge >= 0.3 is 11.8 Å². The van der Waals surface area contributed by atoms with Crippen molar-refractivity contribution in [1.82, 2.24) is 25.1 Å². The number of amides is 2. The number of aryl methyl sites for hydroxylation is 2. The van der Waals surface area contributed by atoms with Gasteiger partial charge in [-0.05, 0) is 20.3 Å². The van der Waals surface area contributed by atoms with Gasteiger partial charge in [0.2, 0.25) is 5.95 Å². The van der Waals surface area contributed by atoms with Crippen LogP contribution < -0.4 is 16.2 Å². The second kappa shape index (κ2) is 7.53. The quantitative estimate of drug-likeness (QED) is 0.679. The Kier molecular flexibility index (Phi) is 5.46. The van der Waals surface area contributed by atoms with Crippen molar-refractivity contribution in [3.63, 3.8) is 0 Å². The van der Waals surface area contributed by atoms with Gasteiger partial charge in [-0.2, -0.15) is 9.78 Å². The number of hydrogen-bond acceptors (Lipinski definition) is 5. The molecule has 0 aliphatic carbocycles. The first kappa shape index (κ1) is 17.4. The molecule has 0 radical (unpaired) electrons. The van der Waals surface area contributed by atoms with Gasteiger partial charge in [0.15, 0.2) is 0 Å². The van der Waals surface area contributed by atoms with E-state index in [0.717, 1.165) is 6.42 Å². The molecule has 2 heterocycles. The van der Waals surface area contributed by atoms with Gasteiger partial charge in [0, 0.05) is 24.4 Å². The van der Waals surface area contributed by atoms with E-state index >= 15 is 0 Å². The van der Waals surface area contributed by atoms with Crippen molar-refractivity contribution in [2.45, 2.75) is 33.6 Å². The maximum atomic E-state index is 11.9. The van der Waals surface area contributed by atoms with Crippen LogP contribution in [0.2, 0.25) is 0 Å². The van der Waals surface area contributed by atoms with Crippen LogP contribution in [0.5, 0.6) is 0 Å². The second-order valence-corrected chi connectivity index (χ2v) is 5.21. The van der Waals surface area contributed by atoms with Crippen molar-refractivity contribution in [2.24, 2.45) is 0 Å². The predicted molar refractivity (Wildman–Crippen MR) is 88.0 cm³/mol. The van der Waals surface area contributed by atoms with Crippen LogP contribution >= 0.6 is 0 Å². The Morgan fingerprint density at radius 1 is 1.25 bits per heavy atom. The van der Waals surface area contributed by atoms with Gasteiger partial charge in [0.05, 0.1) is 5.69 Å². The van der Waals surface area contributed by atoms with Crippen molar-refractivity contribution in [1.29, 1.82) is 0 Å². The van der Waals surface area contributed by atoms with E-state index in [4.69, 9.17) is 0 Å². The summed E-state index contributed by atoms with van der Waals surface area (Å²) < 4.78 is 1.30. The minimum atomic E-state index is -0.815. The summed E-state index contributed by atoms with van der Waals surface area (Å²) in [5.74, 6) is -1.13. The Morgan fingerprint density at radius 3 is 2.67 bits per heavy atom. The van der Waals surface area contributed by atoms with E-state index in [1.165, 1.54) is 10.7 Å². The standard InChI is InChI=1S/C15H20N6O3/c1-4-6-10-8-12(22)19-15(17-10)21-11(7-9(3)20-21)18-14(24)13(23)16-5-2/h7-8H,4-6H2,1-3H3,(H,16,23)(H,18,24)(H,17,19,22). The number of carbonyl (C=O) groups is 2. The normalized spacial score (nSPS) is 10.5. The molecule has 3 N–H and O–H groups in total. The highest BCUT2D eigenvalue weighted by atomic mass is 16.2. The summed E-state index contributed by atoms with van der Waals surface area (Å²) >= 11 is 0. The molecule has 0 aromatic carbocycles. The third-order valence-electron chi connectivity index (χ3n) is 3.11. The van der Waals surface area contributed by atoms with Gasteiger partial charge in [0.1, 0.15) is 5.82 Å². The lowest BCUT2D eigenvalue weighted by Gasteiger charge is -2.08. The van der Waals surface area contributed by atoms with Crippen LogP contribution in [0.3, 0.4) is 0 Å². The molecular weight excluding hydrogens is 312 g/mol. The van der Waals surface area contributed by atoms with Crippen LogP contribution in [-0.2, 0) is 16.0 Å². The van der Waals surface area contributed by atoms with E-state index in [1.54, 1.807) is 19.9 Å². The third-order valence-corrected chi connectivity index (χ3v) is 3.11. The molecule has 0 saturated heterocycles. The summed E-state index contributed by atoms with van der Waals surface area (Å²) in [6.45, 7) is 5.77. The molecule has 0 saturated carbocycles. The third kappa shape index (κ3) is 4.06. The molecular formula is C15H20N6O3. The van der Waals surface area contributed by atoms with Crippen LogP contribution in [0.15, 0.2) is 16.9 Å². The highest BCUT2D eigenvalue weighted by Crippen LogP contribution is 2.14. The first-order valence-electron chi connectivity index (χ1n) is 7.71. The van der Waals surface area contributed by atoms with Crippen LogP contribution in [0.4, 0.5) is 5.82 Å². The molecule has 0 atom stereocenters. The van der Waals surface area contributed by atoms with Gasteiger partial charge < -0.3 is 10.6 Å². The maximum Gasteiger partial charge on any atom is 0.314 e. The van der Waals surface area contributed by atoms with E-state index < -0.39 is 11.8 Å². The minimum absolute atomic E-state index is 0.185. The zero-order valence-electron chi connectivity index (χ0n) is 13.8. The first-order chi connectivity index (χ1) is 11.4. The highest BCUT2D eigenvalue weighted by molar-refractivity contribution is 6.39. The van der Waals surface area contributed by atoms with Crippen molar-refractivity contribution < 1.29 is 9.59 Å². The average molecular weight is 332 g/mol. The Hall–Kier alpha value is -2.97. The predicted octanol–water partition coefficient (Wildman–Crippen LogP) is 0.291. The summed E-state index contributed by atoms with van der Waals surface area (Å²) in [5.41, 5.74) is 0.924. The number of hydrogen-bond donors (Lipinski definition) is 3. The van der Waals surface area contributed by atoms with Crippen LogP contribution in [0.25, 0.3) is 5.95 Å². The molecule has 0 aliphatic heterocycles. The lowest BCUT2D eigenvalue weighted by molar-refractivity contribution is -0.136. The minimum Gasteiger partial charge on any atom is -0.348 e. The Balaban J connectivity index is 2.37. The van der Waals surface area contributed by atoms with Gasteiger partial charge in [-0.3, -0.25) is 19.4 Å². The van der Waals surface area contributed by atoms with Gasteiger partial charge in [0.25, 0.3) is 5.56 Å². The van der Waals surface area contributed by atoms with Crippen LogP contribution in [0, 0.1) is 6.92 Å². The molecule has 0 unspecified atom stereocenters. The molecule has 2 amide bonds. The molecule has 24 heavy (non-hydrogen) atoms. The summed E-state index contributed by atoms with van der Waals surface area (Å²) in [6, 6.07) is 3.01. The fourth-order valence-corrected chi connectivity index (χ4v) is 2.14. The fraction of sp³-hybridized carbons (Fsp3) is 0.400. The number of aromatic amines is 1. The van der Waals surface area contributed by atoms with Crippen molar-refractivity contribution in [3.05, 3.63) is 33.9 Å². The fourth-order valence-electron chi connectivity index (χ4n) is 2.14. The number of aromatic nitrogens is 4. The molecule has 2 rings (SSSR count). The molecule has 0 spiro atoms. The Bertz CT molecular complexity index is 808. The van der Waals surface area contributed by atoms with Gasteiger partial charge in [-0.15, -0.1) is 0 Å². The Labute approximate surface area is 138 Å². The molecule has 9 heteroatoms. The van der Waals surface area contributed by atoms with E-state index in [9.17, 15) is 14.4 Å². The zero-order valence-corrected chi connectivity index (χ0v) is 13.8. The molecule has 0 aliphatic rings. The van der Waals surface area contributed by atoms with Gasteiger partial charge in [-0.1, -0.05) is 13.3 Å². The lowest BCUT2D eigenvalue weighted by Crippen LogP contribution is -2.35. The van der Waals surface area contributed by atoms with Crippen molar-refractivity contribution >= 4 is 17.6 Å². The monoisotopic (exact) mass is 332 g/mol. The van der Waals surface area contributed by atoms with E-state index in [0.29, 0.717) is 24.4 Å².